The van der Waals surface area contributed by atoms with E-state index in [1.54, 1.807) is 0 Å². The zero-order valence-corrected chi connectivity index (χ0v) is 11.5. The Bertz CT molecular complexity index is 284. The Morgan fingerprint density at radius 2 is 1.88 bits per heavy atom. The number of hydrogen-bond acceptors (Lipinski definition) is 2. The Morgan fingerprint density at radius 3 is 2.47 bits per heavy atom. The van der Waals surface area contributed by atoms with Gasteiger partial charge in [0.2, 0.25) is 0 Å². The maximum absolute atomic E-state index is 4.06. The second-order valence-corrected chi connectivity index (χ2v) is 4.91. The molecule has 96 valence electrons. The van der Waals surface area contributed by atoms with Crippen LogP contribution in [-0.2, 0) is 6.54 Å². The summed E-state index contributed by atoms with van der Waals surface area (Å²) in [5.41, 5.74) is 1.37. The maximum Gasteiger partial charge on any atom is 0.0271 e. The summed E-state index contributed by atoms with van der Waals surface area (Å²) in [4.78, 5) is 6.57. The van der Waals surface area contributed by atoms with Crippen LogP contribution in [0.5, 0.6) is 0 Å². The molecule has 2 nitrogen and oxygen atoms in total. The Hall–Kier alpha value is -0.890. The number of pyridine rings is 1. The Morgan fingerprint density at radius 1 is 1.18 bits per heavy atom. The first-order valence-corrected chi connectivity index (χ1v) is 6.87. The highest BCUT2D eigenvalue weighted by molar-refractivity contribution is 5.09. The molecule has 0 bridgehead atoms. The van der Waals surface area contributed by atoms with Crippen molar-refractivity contribution in [1.29, 1.82) is 0 Å². The van der Waals surface area contributed by atoms with Crippen molar-refractivity contribution in [3.63, 3.8) is 0 Å². The van der Waals surface area contributed by atoms with Crippen molar-refractivity contribution in [3.8, 4) is 0 Å². The molecule has 0 aliphatic carbocycles. The topological polar surface area (TPSA) is 16.1 Å². The molecule has 0 N–H and O–H groups in total. The van der Waals surface area contributed by atoms with Gasteiger partial charge in [-0.2, -0.15) is 0 Å². The minimum Gasteiger partial charge on any atom is -0.299 e. The minimum atomic E-state index is 0.853. The van der Waals surface area contributed by atoms with Gasteiger partial charge in [0.15, 0.2) is 0 Å². The average Bonchev–Trinajstić information content (AvgIpc) is 2.36. The van der Waals surface area contributed by atoms with Gasteiger partial charge in [-0.3, -0.25) is 9.88 Å². The highest BCUT2D eigenvalue weighted by atomic mass is 15.1. The fourth-order valence-electron chi connectivity index (χ4n) is 2.14. The third-order valence-electron chi connectivity index (χ3n) is 3.32. The average molecular weight is 234 g/mol. The molecule has 1 rings (SSSR count). The monoisotopic (exact) mass is 234 g/mol. The van der Waals surface area contributed by atoms with Crippen LogP contribution in [0.15, 0.2) is 24.5 Å². The van der Waals surface area contributed by atoms with Crippen LogP contribution in [0.1, 0.15) is 45.6 Å². The first-order valence-electron chi connectivity index (χ1n) is 6.87. The summed E-state index contributed by atoms with van der Waals surface area (Å²) >= 11 is 0. The fourth-order valence-corrected chi connectivity index (χ4v) is 2.14. The van der Waals surface area contributed by atoms with E-state index in [1.165, 1.54) is 31.4 Å². The van der Waals surface area contributed by atoms with Crippen molar-refractivity contribution in [3.05, 3.63) is 30.1 Å². The van der Waals surface area contributed by atoms with E-state index in [1.807, 2.05) is 12.4 Å². The molecule has 0 aliphatic rings. The number of nitrogens with zero attached hydrogens (tertiary/aromatic N) is 2. The van der Waals surface area contributed by atoms with E-state index in [2.05, 4.69) is 42.8 Å². The van der Waals surface area contributed by atoms with E-state index in [0.29, 0.717) is 0 Å². The lowest BCUT2D eigenvalue weighted by atomic mass is 10.0. The predicted octanol–water partition coefficient (Wildman–Crippen LogP) is 3.73. The van der Waals surface area contributed by atoms with Crippen LogP contribution in [0, 0.1) is 5.92 Å². The van der Waals surface area contributed by atoms with Crippen LogP contribution in [-0.4, -0.2) is 23.0 Å². The molecular weight excluding hydrogens is 208 g/mol. The Labute approximate surface area is 106 Å². The van der Waals surface area contributed by atoms with Crippen LogP contribution in [0.2, 0.25) is 0 Å². The zero-order valence-electron chi connectivity index (χ0n) is 11.5. The summed E-state index contributed by atoms with van der Waals surface area (Å²) in [6.07, 6.45) is 7.73. The van der Waals surface area contributed by atoms with E-state index >= 15 is 0 Å². The van der Waals surface area contributed by atoms with Gasteiger partial charge in [-0.1, -0.05) is 33.6 Å². The third-order valence-corrected chi connectivity index (χ3v) is 3.32. The molecule has 2 heteroatoms. The lowest BCUT2D eigenvalue weighted by Crippen LogP contribution is -2.25. The van der Waals surface area contributed by atoms with Crippen LogP contribution in [0.3, 0.4) is 0 Å². The van der Waals surface area contributed by atoms with Gasteiger partial charge >= 0.3 is 0 Å². The maximum atomic E-state index is 4.06. The molecule has 0 amide bonds. The molecule has 1 atom stereocenters. The van der Waals surface area contributed by atoms with Crippen molar-refractivity contribution in [2.75, 3.05) is 13.1 Å². The molecule has 0 saturated carbocycles. The lowest BCUT2D eigenvalue weighted by Gasteiger charge is -2.22. The zero-order chi connectivity index (χ0) is 12.5. The van der Waals surface area contributed by atoms with Crippen molar-refractivity contribution in [1.82, 2.24) is 9.88 Å². The molecule has 0 radical (unpaired) electrons. The number of rotatable bonds is 8. The predicted molar refractivity (Wildman–Crippen MR) is 73.9 cm³/mol. The van der Waals surface area contributed by atoms with Crippen LogP contribution >= 0.6 is 0 Å². The largest absolute Gasteiger partial charge is 0.299 e. The second kappa shape index (κ2) is 8.24. The minimum absolute atomic E-state index is 0.853. The summed E-state index contributed by atoms with van der Waals surface area (Å²) in [6.45, 7) is 10.3. The van der Waals surface area contributed by atoms with Crippen molar-refractivity contribution >= 4 is 0 Å². The second-order valence-electron chi connectivity index (χ2n) is 4.91. The van der Waals surface area contributed by atoms with Gasteiger partial charge in [0.1, 0.15) is 0 Å². The van der Waals surface area contributed by atoms with Crippen molar-refractivity contribution < 1.29 is 0 Å². The first kappa shape index (κ1) is 14.2. The Balaban J connectivity index is 2.34. The Kier molecular flexibility index (Phi) is 6.87. The van der Waals surface area contributed by atoms with E-state index in [9.17, 15) is 0 Å². The quantitative estimate of drug-likeness (QED) is 0.681. The highest BCUT2D eigenvalue weighted by Crippen LogP contribution is 2.12. The molecule has 0 aromatic carbocycles. The number of hydrogen-bond donors (Lipinski definition) is 0. The van der Waals surface area contributed by atoms with Crippen LogP contribution in [0.4, 0.5) is 0 Å². The molecule has 1 aromatic rings. The van der Waals surface area contributed by atoms with E-state index in [4.69, 9.17) is 0 Å². The van der Waals surface area contributed by atoms with Gasteiger partial charge < -0.3 is 0 Å². The van der Waals surface area contributed by atoms with Crippen LogP contribution < -0.4 is 0 Å². The summed E-state index contributed by atoms with van der Waals surface area (Å²) in [5.74, 6) is 0.853. The molecule has 1 unspecified atom stereocenters. The van der Waals surface area contributed by atoms with E-state index in [0.717, 1.165) is 19.0 Å². The van der Waals surface area contributed by atoms with Gasteiger partial charge in [0.25, 0.3) is 0 Å². The molecule has 0 saturated heterocycles. The molecule has 1 heterocycles. The van der Waals surface area contributed by atoms with Gasteiger partial charge in [-0.15, -0.1) is 0 Å². The molecule has 0 spiro atoms. The molecule has 0 fully saturated rings. The summed E-state index contributed by atoms with van der Waals surface area (Å²) in [6, 6.07) is 4.22. The summed E-state index contributed by atoms with van der Waals surface area (Å²) < 4.78 is 0. The van der Waals surface area contributed by atoms with Crippen molar-refractivity contribution in [2.45, 2.75) is 46.6 Å². The molecular formula is C15H26N2. The van der Waals surface area contributed by atoms with Gasteiger partial charge in [0.05, 0.1) is 0 Å². The summed E-state index contributed by atoms with van der Waals surface area (Å²) in [5, 5.41) is 0. The number of aromatic nitrogens is 1. The van der Waals surface area contributed by atoms with Gasteiger partial charge in [-0.05, 0) is 43.1 Å². The highest BCUT2D eigenvalue weighted by Gasteiger charge is 2.06. The molecule has 0 aliphatic heterocycles. The molecule has 17 heavy (non-hydrogen) atoms. The van der Waals surface area contributed by atoms with Crippen molar-refractivity contribution in [2.24, 2.45) is 5.92 Å². The van der Waals surface area contributed by atoms with Gasteiger partial charge in [0, 0.05) is 18.9 Å². The lowest BCUT2D eigenvalue weighted by molar-refractivity contribution is 0.255. The SMILES string of the molecule is CCCC(C)CCN(CC)Cc1ccncc1. The first-order chi connectivity index (χ1) is 8.26. The summed E-state index contributed by atoms with van der Waals surface area (Å²) in [7, 11) is 0. The van der Waals surface area contributed by atoms with Gasteiger partial charge in [-0.25, -0.2) is 0 Å². The third kappa shape index (κ3) is 5.83. The standard InChI is InChI=1S/C15H26N2/c1-4-6-14(3)9-12-17(5-2)13-15-7-10-16-11-8-15/h7-8,10-11,14H,4-6,9,12-13H2,1-3H3. The van der Waals surface area contributed by atoms with E-state index < -0.39 is 0 Å². The fraction of sp³-hybridized carbons (Fsp3) is 0.667. The van der Waals surface area contributed by atoms with Crippen LogP contribution in [0.25, 0.3) is 0 Å². The smallest absolute Gasteiger partial charge is 0.0271 e. The van der Waals surface area contributed by atoms with E-state index in [-0.39, 0.29) is 0 Å². The molecule has 1 aromatic heterocycles. The normalized spacial score (nSPS) is 12.9.